The third-order valence-electron chi connectivity index (χ3n) is 3.63. The zero-order valence-corrected chi connectivity index (χ0v) is 15.3. The molecule has 2 N–H and O–H groups in total. The summed E-state index contributed by atoms with van der Waals surface area (Å²) in [6.07, 6.45) is 0. The van der Waals surface area contributed by atoms with Gasteiger partial charge in [-0.1, -0.05) is 23.7 Å². The molecule has 0 saturated carbocycles. The number of carbonyl (C=O) groups excluding carboxylic acids is 1. The minimum absolute atomic E-state index is 0.00115. The van der Waals surface area contributed by atoms with Crippen molar-refractivity contribution < 1.29 is 13.9 Å². The van der Waals surface area contributed by atoms with Crippen LogP contribution in [-0.2, 0) is 0 Å². The van der Waals surface area contributed by atoms with E-state index in [-0.39, 0.29) is 11.8 Å². The first-order valence-electron chi connectivity index (χ1n) is 8.03. The number of carbonyl (C=O) groups is 1. The lowest BCUT2D eigenvalue weighted by Gasteiger charge is -2.13. The van der Waals surface area contributed by atoms with E-state index in [4.69, 9.17) is 16.3 Å². The summed E-state index contributed by atoms with van der Waals surface area (Å²) in [5.74, 6) is -0.488. The summed E-state index contributed by atoms with van der Waals surface area (Å²) < 4.78 is 19.1. The third-order valence-corrected chi connectivity index (χ3v) is 3.88. The number of anilines is 2. The predicted octanol–water partition coefficient (Wildman–Crippen LogP) is 5.32. The first-order valence-corrected chi connectivity index (χ1v) is 8.41. The Morgan fingerprint density at radius 1 is 1.00 bits per heavy atom. The van der Waals surface area contributed by atoms with Crippen LogP contribution in [-0.4, -0.2) is 16.0 Å². The molecule has 138 valence electrons. The van der Waals surface area contributed by atoms with Gasteiger partial charge in [-0.25, -0.2) is 9.18 Å². The number of amides is 2. The van der Waals surface area contributed by atoms with E-state index in [1.165, 1.54) is 12.1 Å². The molecule has 6 nitrogen and oxygen atoms in total. The number of aromatic nitrogens is 2. The lowest BCUT2D eigenvalue weighted by molar-refractivity contribution is 0.262. The highest BCUT2D eigenvalue weighted by molar-refractivity contribution is 6.30. The van der Waals surface area contributed by atoms with Gasteiger partial charge in [0.2, 0.25) is 0 Å². The second kappa shape index (κ2) is 8.01. The first kappa shape index (κ1) is 18.6. The Kier molecular flexibility index (Phi) is 5.52. The molecule has 8 heteroatoms. The van der Waals surface area contributed by atoms with Crippen LogP contribution in [0.3, 0.4) is 0 Å². The fraction of sp³-hybridized carbons (Fsp3) is 0.105. The first-order chi connectivity index (χ1) is 12.9. The summed E-state index contributed by atoms with van der Waals surface area (Å²) in [6.45, 7) is 3.39. The molecule has 3 rings (SSSR count). The van der Waals surface area contributed by atoms with E-state index in [1.807, 2.05) is 0 Å². The maximum Gasteiger partial charge on any atom is 0.323 e. The maximum absolute atomic E-state index is 13.7. The molecule has 0 unspecified atom stereocenters. The van der Waals surface area contributed by atoms with Crippen LogP contribution in [0.2, 0.25) is 5.02 Å². The molecule has 0 aliphatic rings. The Hall–Kier alpha value is -3.19. The number of hydrogen-bond donors (Lipinski definition) is 2. The summed E-state index contributed by atoms with van der Waals surface area (Å²) in [7, 11) is 0. The molecule has 0 atom stereocenters. The molecule has 1 aromatic heterocycles. The Balaban J connectivity index is 1.73. The number of ether oxygens (including phenoxy) is 1. The smallest absolute Gasteiger partial charge is 0.323 e. The summed E-state index contributed by atoms with van der Waals surface area (Å²) >= 11 is 5.82. The molecule has 0 spiro atoms. The van der Waals surface area contributed by atoms with Crippen LogP contribution < -0.4 is 15.4 Å². The summed E-state index contributed by atoms with van der Waals surface area (Å²) in [5.41, 5.74) is 2.01. The minimum Gasteiger partial charge on any atom is -0.421 e. The number of nitrogens with one attached hydrogen (secondary N) is 2. The zero-order chi connectivity index (χ0) is 19.4. The van der Waals surface area contributed by atoms with Crippen LogP contribution >= 0.6 is 11.6 Å². The third kappa shape index (κ3) is 4.71. The quantitative estimate of drug-likeness (QED) is 0.636. The number of para-hydroxylation sites is 1. The Labute approximate surface area is 160 Å². The molecule has 0 bridgehead atoms. The lowest BCUT2D eigenvalue weighted by Crippen LogP contribution is -2.21. The molecule has 0 aliphatic heterocycles. The Morgan fingerprint density at radius 3 is 2.26 bits per heavy atom. The van der Waals surface area contributed by atoms with E-state index in [2.05, 4.69) is 20.6 Å². The van der Waals surface area contributed by atoms with Crippen molar-refractivity contribution in [3.8, 4) is 11.8 Å². The van der Waals surface area contributed by atoms with Gasteiger partial charge in [-0.2, -0.15) is 9.97 Å². The largest absolute Gasteiger partial charge is 0.421 e. The van der Waals surface area contributed by atoms with Gasteiger partial charge in [0.15, 0.2) is 11.6 Å². The van der Waals surface area contributed by atoms with E-state index < -0.39 is 11.8 Å². The Morgan fingerprint density at radius 2 is 1.63 bits per heavy atom. The zero-order valence-electron chi connectivity index (χ0n) is 14.6. The van der Waals surface area contributed by atoms with Crippen molar-refractivity contribution in [2.24, 2.45) is 0 Å². The van der Waals surface area contributed by atoms with Crippen molar-refractivity contribution >= 4 is 29.0 Å². The second-order valence-electron chi connectivity index (χ2n) is 5.67. The highest BCUT2D eigenvalue weighted by Crippen LogP contribution is 2.25. The summed E-state index contributed by atoms with van der Waals surface area (Å²) in [4.78, 5) is 20.6. The van der Waals surface area contributed by atoms with E-state index in [1.54, 1.807) is 50.2 Å². The molecule has 3 aromatic rings. The monoisotopic (exact) mass is 386 g/mol. The van der Waals surface area contributed by atoms with Crippen LogP contribution in [0, 0.1) is 19.7 Å². The molecule has 2 aromatic carbocycles. The van der Waals surface area contributed by atoms with Crippen molar-refractivity contribution in [2.45, 2.75) is 13.8 Å². The van der Waals surface area contributed by atoms with E-state index >= 15 is 0 Å². The molecule has 0 aliphatic carbocycles. The van der Waals surface area contributed by atoms with E-state index in [9.17, 15) is 9.18 Å². The van der Waals surface area contributed by atoms with Gasteiger partial charge >= 0.3 is 12.0 Å². The highest BCUT2D eigenvalue weighted by atomic mass is 35.5. The number of benzene rings is 2. The fourth-order valence-electron chi connectivity index (χ4n) is 2.35. The average molecular weight is 387 g/mol. The van der Waals surface area contributed by atoms with Gasteiger partial charge in [-0.15, -0.1) is 0 Å². The standard InChI is InChI=1S/C19H16ClFN4O2/c1-11-17(25-18(26)24-14-9-7-13(20)8-10-14)12(2)23-19(22-11)27-16-6-4-3-5-15(16)21/h3-10H,1-2H3,(H2,24,25,26). The maximum atomic E-state index is 13.7. The second-order valence-corrected chi connectivity index (χ2v) is 6.11. The summed E-state index contributed by atoms with van der Waals surface area (Å²) in [6, 6.07) is 12.2. The molecular formula is C19H16ClFN4O2. The van der Waals surface area contributed by atoms with Gasteiger partial charge in [-0.3, -0.25) is 0 Å². The van der Waals surface area contributed by atoms with Gasteiger partial charge < -0.3 is 15.4 Å². The van der Waals surface area contributed by atoms with Crippen molar-refractivity contribution in [3.05, 3.63) is 70.8 Å². The number of halogens is 2. The van der Waals surface area contributed by atoms with Crippen LogP contribution in [0.15, 0.2) is 48.5 Å². The SMILES string of the molecule is Cc1nc(Oc2ccccc2F)nc(C)c1NC(=O)Nc1ccc(Cl)cc1. The molecule has 0 saturated heterocycles. The lowest BCUT2D eigenvalue weighted by atomic mass is 10.3. The van der Waals surface area contributed by atoms with Crippen LogP contribution in [0.4, 0.5) is 20.6 Å². The normalized spacial score (nSPS) is 10.4. The number of hydrogen-bond acceptors (Lipinski definition) is 4. The number of rotatable bonds is 4. The predicted molar refractivity (Wildman–Crippen MR) is 102 cm³/mol. The van der Waals surface area contributed by atoms with E-state index in [0.717, 1.165) is 0 Å². The van der Waals surface area contributed by atoms with Crippen molar-refractivity contribution in [1.82, 2.24) is 9.97 Å². The van der Waals surface area contributed by atoms with Crippen molar-refractivity contribution in [2.75, 3.05) is 10.6 Å². The topological polar surface area (TPSA) is 76.1 Å². The highest BCUT2D eigenvalue weighted by Gasteiger charge is 2.14. The summed E-state index contributed by atoms with van der Waals surface area (Å²) in [5, 5.41) is 5.97. The van der Waals surface area contributed by atoms with E-state index in [0.29, 0.717) is 27.8 Å². The van der Waals surface area contributed by atoms with Crippen LogP contribution in [0.5, 0.6) is 11.8 Å². The molecule has 1 heterocycles. The van der Waals surface area contributed by atoms with Crippen molar-refractivity contribution in [1.29, 1.82) is 0 Å². The molecule has 0 radical (unpaired) electrons. The molecule has 27 heavy (non-hydrogen) atoms. The molecular weight excluding hydrogens is 371 g/mol. The molecule has 0 fully saturated rings. The number of nitrogens with zero attached hydrogens (tertiary/aromatic N) is 2. The van der Waals surface area contributed by atoms with Gasteiger partial charge in [0, 0.05) is 10.7 Å². The van der Waals surface area contributed by atoms with Crippen LogP contribution in [0.1, 0.15) is 11.4 Å². The number of aryl methyl sites for hydroxylation is 2. The van der Waals surface area contributed by atoms with Gasteiger partial charge in [-0.05, 0) is 50.2 Å². The van der Waals surface area contributed by atoms with Crippen LogP contribution in [0.25, 0.3) is 0 Å². The molecule has 2 amide bonds. The van der Waals surface area contributed by atoms with Gasteiger partial charge in [0.1, 0.15) is 0 Å². The minimum atomic E-state index is -0.513. The number of urea groups is 1. The average Bonchev–Trinajstić information content (AvgIpc) is 2.62. The fourth-order valence-corrected chi connectivity index (χ4v) is 2.47. The van der Waals surface area contributed by atoms with Crippen molar-refractivity contribution in [3.63, 3.8) is 0 Å². The Bertz CT molecular complexity index is 957. The van der Waals surface area contributed by atoms with Gasteiger partial charge in [0.05, 0.1) is 17.1 Å². The van der Waals surface area contributed by atoms with Gasteiger partial charge in [0.25, 0.3) is 0 Å².